The van der Waals surface area contributed by atoms with Crippen LogP contribution in [0.15, 0.2) is 18.5 Å². The Bertz CT molecular complexity index is 439. The van der Waals surface area contributed by atoms with Crippen LogP contribution >= 0.6 is 11.8 Å². The number of rotatable bonds is 2. The van der Waals surface area contributed by atoms with Crippen molar-refractivity contribution in [1.29, 1.82) is 0 Å². The number of aromatic nitrogens is 1. The van der Waals surface area contributed by atoms with E-state index in [1.807, 2.05) is 11.8 Å². The summed E-state index contributed by atoms with van der Waals surface area (Å²) in [6, 6.07) is 1.30. The SMILES string of the molecule is O=C(c1cncc(F)c1)C1CC2CCC(C1)S2. The fourth-order valence-electron chi connectivity index (χ4n) is 2.85. The predicted molar refractivity (Wildman–Crippen MR) is 65.7 cm³/mol. The summed E-state index contributed by atoms with van der Waals surface area (Å²) >= 11 is 2.03. The first-order chi connectivity index (χ1) is 8.22. The number of carbonyl (C=O) groups is 1. The van der Waals surface area contributed by atoms with Crippen LogP contribution < -0.4 is 0 Å². The number of halogens is 1. The van der Waals surface area contributed by atoms with E-state index in [1.54, 1.807) is 0 Å². The molecule has 2 saturated heterocycles. The molecular formula is C13H14FNOS. The highest BCUT2D eigenvalue weighted by Crippen LogP contribution is 2.46. The number of nitrogens with zero attached hydrogens (tertiary/aromatic N) is 1. The molecule has 0 aliphatic carbocycles. The Morgan fingerprint density at radius 2 is 2.00 bits per heavy atom. The Kier molecular flexibility index (Phi) is 2.90. The Labute approximate surface area is 104 Å². The molecule has 0 amide bonds. The van der Waals surface area contributed by atoms with Crippen LogP contribution in [0.5, 0.6) is 0 Å². The summed E-state index contributed by atoms with van der Waals surface area (Å²) in [6.07, 6.45) is 7.00. The van der Waals surface area contributed by atoms with Crippen LogP contribution in [0.3, 0.4) is 0 Å². The molecule has 1 aromatic rings. The van der Waals surface area contributed by atoms with Crippen molar-refractivity contribution < 1.29 is 9.18 Å². The van der Waals surface area contributed by atoms with E-state index in [-0.39, 0.29) is 11.7 Å². The Hall–Kier alpha value is -0.900. The van der Waals surface area contributed by atoms with Crippen LogP contribution in [0.2, 0.25) is 0 Å². The molecule has 1 aromatic heterocycles. The highest BCUT2D eigenvalue weighted by Gasteiger charge is 2.37. The van der Waals surface area contributed by atoms with Gasteiger partial charge in [-0.2, -0.15) is 11.8 Å². The predicted octanol–water partition coefficient (Wildman–Crippen LogP) is 3.08. The second-order valence-corrected chi connectivity index (χ2v) is 6.49. The molecule has 0 radical (unpaired) electrons. The van der Waals surface area contributed by atoms with Gasteiger partial charge in [-0.25, -0.2) is 4.39 Å². The first-order valence-electron chi connectivity index (χ1n) is 6.02. The standard InChI is InChI=1S/C13H14FNOS/c14-10-3-9(6-15-7-10)13(16)8-4-11-1-2-12(5-8)17-11/h3,6-8,11-12H,1-2,4-5H2. The highest BCUT2D eigenvalue weighted by atomic mass is 32.2. The first-order valence-corrected chi connectivity index (χ1v) is 6.97. The number of thioether (sulfide) groups is 1. The van der Waals surface area contributed by atoms with E-state index in [0.29, 0.717) is 16.1 Å². The van der Waals surface area contributed by atoms with Crippen LogP contribution in [0.4, 0.5) is 4.39 Å². The molecule has 2 fully saturated rings. The van der Waals surface area contributed by atoms with Crippen LogP contribution in [0.1, 0.15) is 36.0 Å². The largest absolute Gasteiger partial charge is 0.294 e. The lowest BCUT2D eigenvalue weighted by Crippen LogP contribution is -2.25. The average molecular weight is 251 g/mol. The number of pyridine rings is 1. The molecule has 90 valence electrons. The molecule has 2 unspecified atom stereocenters. The molecule has 3 heterocycles. The van der Waals surface area contributed by atoms with E-state index in [1.165, 1.54) is 25.1 Å². The summed E-state index contributed by atoms with van der Waals surface area (Å²) in [5.41, 5.74) is 0.432. The topological polar surface area (TPSA) is 30.0 Å². The van der Waals surface area contributed by atoms with E-state index in [4.69, 9.17) is 0 Å². The number of ketones is 1. The van der Waals surface area contributed by atoms with Crippen molar-refractivity contribution in [3.05, 3.63) is 29.8 Å². The van der Waals surface area contributed by atoms with Crippen molar-refractivity contribution in [3.8, 4) is 0 Å². The van der Waals surface area contributed by atoms with E-state index in [0.717, 1.165) is 19.0 Å². The minimum absolute atomic E-state index is 0.0780. The molecule has 4 heteroatoms. The van der Waals surface area contributed by atoms with Crippen molar-refractivity contribution in [2.45, 2.75) is 36.2 Å². The van der Waals surface area contributed by atoms with Gasteiger partial charge in [-0.15, -0.1) is 0 Å². The molecule has 0 saturated carbocycles. The number of fused-ring (bicyclic) bond motifs is 2. The van der Waals surface area contributed by atoms with Gasteiger partial charge in [-0.05, 0) is 31.7 Å². The van der Waals surface area contributed by atoms with Crippen molar-refractivity contribution in [1.82, 2.24) is 4.98 Å². The normalized spacial score (nSPS) is 31.5. The number of hydrogen-bond donors (Lipinski definition) is 0. The lowest BCUT2D eigenvalue weighted by atomic mass is 9.91. The zero-order valence-corrected chi connectivity index (χ0v) is 10.3. The molecule has 0 N–H and O–H groups in total. The average Bonchev–Trinajstić information content (AvgIpc) is 2.67. The Morgan fingerprint density at radius 1 is 1.29 bits per heavy atom. The van der Waals surface area contributed by atoms with Crippen LogP contribution in [0, 0.1) is 11.7 Å². The molecular weight excluding hydrogens is 237 g/mol. The lowest BCUT2D eigenvalue weighted by molar-refractivity contribution is 0.0906. The molecule has 2 aliphatic rings. The van der Waals surface area contributed by atoms with Gasteiger partial charge in [-0.3, -0.25) is 9.78 Å². The van der Waals surface area contributed by atoms with Gasteiger partial charge in [0.1, 0.15) is 5.82 Å². The van der Waals surface area contributed by atoms with E-state index < -0.39 is 5.82 Å². The van der Waals surface area contributed by atoms with Crippen LogP contribution in [0.25, 0.3) is 0 Å². The summed E-state index contributed by atoms with van der Waals surface area (Å²) in [5, 5.41) is 1.29. The lowest BCUT2D eigenvalue weighted by Gasteiger charge is -2.26. The minimum Gasteiger partial charge on any atom is -0.294 e. The summed E-state index contributed by atoms with van der Waals surface area (Å²) in [7, 11) is 0. The third-order valence-electron chi connectivity index (χ3n) is 3.65. The van der Waals surface area contributed by atoms with E-state index in [9.17, 15) is 9.18 Å². The van der Waals surface area contributed by atoms with Crippen LogP contribution in [-0.2, 0) is 0 Å². The maximum Gasteiger partial charge on any atom is 0.167 e. The van der Waals surface area contributed by atoms with Crippen molar-refractivity contribution >= 4 is 17.5 Å². The zero-order valence-electron chi connectivity index (χ0n) is 9.43. The van der Waals surface area contributed by atoms with E-state index in [2.05, 4.69) is 4.98 Å². The van der Waals surface area contributed by atoms with Gasteiger partial charge in [0.2, 0.25) is 0 Å². The van der Waals surface area contributed by atoms with Gasteiger partial charge in [0.25, 0.3) is 0 Å². The number of Topliss-reactive ketones (excluding diaryl/α,β-unsaturated/α-hetero) is 1. The monoisotopic (exact) mass is 251 g/mol. The van der Waals surface area contributed by atoms with Gasteiger partial charge in [0.05, 0.1) is 6.20 Å². The fraction of sp³-hybridized carbons (Fsp3) is 0.538. The maximum atomic E-state index is 13.0. The maximum absolute atomic E-state index is 13.0. The third kappa shape index (κ3) is 2.23. The van der Waals surface area contributed by atoms with Crippen LogP contribution in [-0.4, -0.2) is 21.3 Å². The Morgan fingerprint density at radius 3 is 2.65 bits per heavy atom. The first kappa shape index (κ1) is 11.2. The van der Waals surface area contributed by atoms with Gasteiger partial charge in [0.15, 0.2) is 5.78 Å². The molecule has 3 rings (SSSR count). The highest BCUT2D eigenvalue weighted by molar-refractivity contribution is 8.00. The summed E-state index contributed by atoms with van der Waals surface area (Å²) in [6.45, 7) is 0. The van der Waals surface area contributed by atoms with E-state index >= 15 is 0 Å². The molecule has 0 aromatic carbocycles. The van der Waals surface area contributed by atoms with Crippen molar-refractivity contribution in [2.24, 2.45) is 5.92 Å². The molecule has 0 spiro atoms. The smallest absolute Gasteiger partial charge is 0.167 e. The van der Waals surface area contributed by atoms with Crippen molar-refractivity contribution in [3.63, 3.8) is 0 Å². The van der Waals surface area contributed by atoms with Crippen molar-refractivity contribution in [2.75, 3.05) is 0 Å². The van der Waals surface area contributed by atoms with Gasteiger partial charge in [-0.1, -0.05) is 0 Å². The fourth-order valence-corrected chi connectivity index (χ4v) is 4.63. The molecule has 2 atom stereocenters. The number of carbonyl (C=O) groups excluding carboxylic acids is 1. The molecule has 2 nitrogen and oxygen atoms in total. The molecule has 2 bridgehead atoms. The molecule has 2 aliphatic heterocycles. The second kappa shape index (κ2) is 4.41. The summed E-state index contributed by atoms with van der Waals surface area (Å²) in [4.78, 5) is 16.0. The zero-order chi connectivity index (χ0) is 11.8. The quantitative estimate of drug-likeness (QED) is 0.757. The van der Waals surface area contributed by atoms with Gasteiger partial charge < -0.3 is 0 Å². The van der Waals surface area contributed by atoms with Gasteiger partial charge >= 0.3 is 0 Å². The summed E-state index contributed by atoms with van der Waals surface area (Å²) < 4.78 is 13.0. The third-order valence-corrected chi connectivity index (χ3v) is 5.28. The number of hydrogen-bond acceptors (Lipinski definition) is 3. The Balaban J connectivity index is 1.78. The second-order valence-electron chi connectivity index (χ2n) is 4.88. The van der Waals surface area contributed by atoms with Gasteiger partial charge in [0, 0.05) is 28.2 Å². The molecule has 17 heavy (non-hydrogen) atoms. The minimum atomic E-state index is -0.427. The summed E-state index contributed by atoms with van der Waals surface area (Å²) in [5.74, 6) is -0.268.